The van der Waals surface area contributed by atoms with Gasteiger partial charge in [-0.3, -0.25) is 0 Å². The second-order valence-electron chi connectivity index (χ2n) is 9.29. The fourth-order valence-electron chi connectivity index (χ4n) is 4.25. The maximum atomic E-state index is 14.9. The van der Waals surface area contributed by atoms with Crippen LogP contribution in [0.1, 0.15) is 23.4 Å². The Hall–Kier alpha value is -2.92. The maximum Gasteiger partial charge on any atom is 0.163 e. The molecule has 4 rings (SSSR count). The van der Waals surface area contributed by atoms with Crippen LogP contribution in [-0.4, -0.2) is 83.5 Å². The summed E-state index contributed by atoms with van der Waals surface area (Å²) < 4.78 is 26.0. The first kappa shape index (κ1) is 27.1. The number of aromatic nitrogens is 3. The number of likely N-dealkylation sites (N-methyl/N-ethyl adjacent to an activating group) is 1. The second-order valence-corrected chi connectivity index (χ2v) is 9.70. The quantitative estimate of drug-likeness (QED) is 0.448. The molecular formula is C26H32ClFN6O3. The zero-order chi connectivity index (χ0) is 26.7. The molecule has 1 saturated heterocycles. The van der Waals surface area contributed by atoms with Gasteiger partial charge in [-0.15, -0.1) is 0 Å². The third-order valence-corrected chi connectivity index (χ3v) is 6.61. The number of halogens is 2. The number of likely N-dealkylation sites (tertiary alicyclic amines) is 1. The number of nitrogens with zero attached hydrogens (tertiary/aromatic N) is 5. The van der Waals surface area contributed by atoms with Gasteiger partial charge < -0.3 is 24.6 Å². The molecule has 1 aliphatic rings. The Bertz CT molecular complexity index is 1280. The monoisotopic (exact) mass is 530 g/mol. The average Bonchev–Trinajstić information content (AvgIpc) is 3.19. The van der Waals surface area contributed by atoms with Crippen molar-refractivity contribution in [2.75, 3.05) is 40.3 Å². The number of aryl methyl sites for hydroxylation is 2. The fraction of sp³-hybridized carbons (Fsp3) is 0.462. The molecule has 0 saturated carbocycles. The van der Waals surface area contributed by atoms with E-state index in [1.165, 1.54) is 0 Å². The number of nitrogens with one attached hydrogen (secondary N) is 1. The van der Waals surface area contributed by atoms with Crippen molar-refractivity contribution in [1.82, 2.24) is 25.3 Å². The van der Waals surface area contributed by atoms with Crippen LogP contribution < -0.4 is 10.1 Å². The van der Waals surface area contributed by atoms with Crippen LogP contribution in [-0.2, 0) is 0 Å². The van der Waals surface area contributed by atoms with Crippen molar-refractivity contribution < 1.29 is 18.8 Å². The molecule has 198 valence electrons. The molecule has 1 fully saturated rings. The number of piperidine rings is 1. The average molecular weight is 531 g/mol. The van der Waals surface area contributed by atoms with Gasteiger partial charge in [-0.1, -0.05) is 16.8 Å². The van der Waals surface area contributed by atoms with Gasteiger partial charge >= 0.3 is 0 Å². The predicted molar refractivity (Wildman–Crippen MR) is 142 cm³/mol. The van der Waals surface area contributed by atoms with Gasteiger partial charge in [-0.2, -0.15) is 0 Å². The zero-order valence-corrected chi connectivity index (χ0v) is 22.4. The molecule has 0 radical (unpaired) electrons. The summed E-state index contributed by atoms with van der Waals surface area (Å²) in [6.45, 7) is 7.02. The van der Waals surface area contributed by atoms with Crippen molar-refractivity contribution in [3.05, 3.63) is 40.2 Å². The molecule has 3 heterocycles. The molecule has 2 aromatic heterocycles. The molecule has 2 N–H and O–H groups in total. The highest BCUT2D eigenvalue weighted by Gasteiger charge is 2.25. The summed E-state index contributed by atoms with van der Waals surface area (Å²) in [4.78, 5) is 16.2. The minimum Gasteiger partial charge on any atom is -0.491 e. The normalized spacial score (nSPS) is 18.4. The van der Waals surface area contributed by atoms with Crippen LogP contribution in [0.15, 0.2) is 27.7 Å². The Morgan fingerprint density at radius 2 is 2.11 bits per heavy atom. The summed E-state index contributed by atoms with van der Waals surface area (Å²) in [6.07, 6.45) is -1.34. The topological polar surface area (TPSA) is 109 Å². The van der Waals surface area contributed by atoms with E-state index < -0.39 is 12.3 Å². The van der Waals surface area contributed by atoms with E-state index in [-0.39, 0.29) is 13.2 Å². The molecule has 11 heteroatoms. The maximum absolute atomic E-state index is 14.9. The summed E-state index contributed by atoms with van der Waals surface area (Å²) in [5.41, 5.74) is 3.68. The first-order valence-electron chi connectivity index (χ1n) is 12.1. The minimum atomic E-state index is -1.18. The van der Waals surface area contributed by atoms with Crippen LogP contribution in [0, 0.1) is 20.8 Å². The highest BCUT2D eigenvalue weighted by atomic mass is 35.5. The molecule has 3 aromatic rings. The van der Waals surface area contributed by atoms with E-state index in [1.807, 2.05) is 32.7 Å². The third-order valence-electron chi connectivity index (χ3n) is 6.28. The Balaban J connectivity index is 1.82. The molecule has 0 amide bonds. The molecule has 0 unspecified atom stereocenters. The van der Waals surface area contributed by atoms with Gasteiger partial charge in [0.25, 0.3) is 0 Å². The van der Waals surface area contributed by atoms with Gasteiger partial charge in [0.1, 0.15) is 24.2 Å². The van der Waals surface area contributed by atoms with Crippen LogP contribution >= 0.6 is 11.6 Å². The SMILES string of the molecule is CNC[C@@H](O)COc1ccc(Cl)c(-c2nc(N=C3CCN(C)C[C@@H]3F)c(C)c(-c3c(C)noc3C)n2)c1. The van der Waals surface area contributed by atoms with Crippen molar-refractivity contribution >= 4 is 23.1 Å². The van der Waals surface area contributed by atoms with Crippen LogP contribution in [0.4, 0.5) is 10.2 Å². The number of aliphatic hydroxyl groups is 1. The standard InChI is InChI=1S/C26H32ClFN6O3/c1-14-24(23-15(2)33-37-16(23)3)31-26(32-25(14)30-22-8-9-34(5)12-21(22)28)19-10-18(6-7-20(19)27)36-13-17(35)11-29-4/h6-7,10,17,21,29,35H,8-9,11-13H2,1-5H3/t17-,21+/m1/s1. The van der Waals surface area contributed by atoms with Crippen LogP contribution in [0.5, 0.6) is 5.75 Å². The van der Waals surface area contributed by atoms with E-state index >= 15 is 0 Å². The predicted octanol–water partition coefficient (Wildman–Crippen LogP) is 4.08. The summed E-state index contributed by atoms with van der Waals surface area (Å²) >= 11 is 6.58. The number of ether oxygens (including phenoxy) is 1. The molecule has 9 nitrogen and oxygen atoms in total. The largest absolute Gasteiger partial charge is 0.491 e. The van der Waals surface area contributed by atoms with Crippen molar-refractivity contribution in [2.45, 2.75) is 39.5 Å². The number of alkyl halides is 1. The van der Waals surface area contributed by atoms with Gasteiger partial charge in [-0.05, 0) is 53.1 Å². The first-order chi connectivity index (χ1) is 17.7. The summed E-state index contributed by atoms with van der Waals surface area (Å²) in [5, 5.41) is 17.4. The lowest BCUT2D eigenvalue weighted by atomic mass is 10.0. The molecule has 1 aromatic carbocycles. The van der Waals surface area contributed by atoms with E-state index in [4.69, 9.17) is 30.8 Å². The van der Waals surface area contributed by atoms with Gasteiger partial charge in [-0.25, -0.2) is 19.4 Å². The van der Waals surface area contributed by atoms with Crippen molar-refractivity contribution in [3.63, 3.8) is 0 Å². The van der Waals surface area contributed by atoms with Gasteiger partial charge in [0.05, 0.1) is 27.7 Å². The van der Waals surface area contributed by atoms with Gasteiger partial charge in [0.2, 0.25) is 0 Å². The molecular weight excluding hydrogens is 499 g/mol. The first-order valence-corrected chi connectivity index (χ1v) is 12.5. The van der Waals surface area contributed by atoms with E-state index in [2.05, 4.69) is 15.5 Å². The van der Waals surface area contributed by atoms with Crippen LogP contribution in [0.25, 0.3) is 22.6 Å². The lowest BCUT2D eigenvalue weighted by molar-refractivity contribution is 0.108. The molecule has 2 atom stereocenters. The third kappa shape index (κ3) is 6.15. The van der Waals surface area contributed by atoms with E-state index in [0.29, 0.717) is 69.4 Å². The summed E-state index contributed by atoms with van der Waals surface area (Å²) in [5.74, 6) is 1.79. The number of benzene rings is 1. The number of hydrogen-bond acceptors (Lipinski definition) is 9. The molecule has 0 bridgehead atoms. The molecule has 37 heavy (non-hydrogen) atoms. The molecule has 1 aliphatic heterocycles. The molecule has 0 spiro atoms. The summed E-state index contributed by atoms with van der Waals surface area (Å²) in [7, 11) is 3.65. The fourth-order valence-corrected chi connectivity index (χ4v) is 4.45. The van der Waals surface area contributed by atoms with Crippen molar-refractivity contribution in [1.29, 1.82) is 0 Å². The van der Waals surface area contributed by atoms with Crippen LogP contribution in [0.2, 0.25) is 5.02 Å². The summed E-state index contributed by atoms with van der Waals surface area (Å²) in [6, 6.07) is 5.13. The van der Waals surface area contributed by atoms with Gasteiger partial charge in [0, 0.05) is 37.2 Å². The minimum absolute atomic E-state index is 0.103. The Labute approximate surface area is 220 Å². The van der Waals surface area contributed by atoms with Gasteiger partial charge in [0.15, 0.2) is 17.8 Å². The number of rotatable bonds is 8. The smallest absolute Gasteiger partial charge is 0.163 e. The second kappa shape index (κ2) is 11.6. The van der Waals surface area contributed by atoms with E-state index in [9.17, 15) is 9.50 Å². The van der Waals surface area contributed by atoms with E-state index in [0.717, 1.165) is 12.1 Å². The highest BCUT2D eigenvalue weighted by molar-refractivity contribution is 6.33. The van der Waals surface area contributed by atoms with E-state index in [1.54, 1.807) is 25.2 Å². The van der Waals surface area contributed by atoms with Crippen molar-refractivity contribution in [2.24, 2.45) is 4.99 Å². The lowest BCUT2D eigenvalue weighted by Crippen LogP contribution is -2.39. The Morgan fingerprint density at radius 1 is 1.32 bits per heavy atom. The lowest BCUT2D eigenvalue weighted by Gasteiger charge is -2.26. The van der Waals surface area contributed by atoms with Crippen molar-refractivity contribution in [3.8, 4) is 28.4 Å². The molecule has 0 aliphatic carbocycles. The zero-order valence-electron chi connectivity index (χ0n) is 21.7. The number of aliphatic imine (C=N–C) groups is 1. The Morgan fingerprint density at radius 3 is 2.78 bits per heavy atom. The Kier molecular flexibility index (Phi) is 8.53. The number of aliphatic hydroxyl groups excluding tert-OH is 1. The number of hydrogen-bond donors (Lipinski definition) is 2. The highest BCUT2D eigenvalue weighted by Crippen LogP contribution is 2.37. The van der Waals surface area contributed by atoms with Crippen LogP contribution in [0.3, 0.4) is 0 Å².